The number of nitrogens with one attached hydrogen (secondary N) is 1. The summed E-state index contributed by atoms with van der Waals surface area (Å²) in [6.07, 6.45) is -3.43. The Morgan fingerprint density at radius 3 is 2.59 bits per heavy atom. The molecule has 0 saturated carbocycles. The second-order valence-corrected chi connectivity index (χ2v) is 8.01. The SMILES string of the molecule is Cc1cc(C)n(CC(=O)Nc2c(C(N)=O)sc3nc(C(F)(F)F)cc(-c4ccco4)c23)n1. The van der Waals surface area contributed by atoms with Gasteiger partial charge in [0.25, 0.3) is 5.91 Å². The minimum atomic E-state index is -4.73. The van der Waals surface area contributed by atoms with Crippen molar-refractivity contribution in [2.45, 2.75) is 26.6 Å². The maximum atomic E-state index is 13.4. The Bertz CT molecular complexity index is 1340. The van der Waals surface area contributed by atoms with Crippen molar-refractivity contribution in [1.29, 1.82) is 0 Å². The summed E-state index contributed by atoms with van der Waals surface area (Å²) in [5, 5.41) is 6.95. The molecule has 0 spiro atoms. The summed E-state index contributed by atoms with van der Waals surface area (Å²) in [7, 11) is 0. The number of nitrogens with two attached hydrogens (primary N) is 1. The Morgan fingerprint density at radius 1 is 1.28 bits per heavy atom. The lowest BCUT2D eigenvalue weighted by atomic mass is 10.1. The average Bonchev–Trinajstić information content (AvgIpc) is 3.40. The van der Waals surface area contributed by atoms with E-state index < -0.39 is 23.7 Å². The molecule has 0 atom stereocenters. The topological polar surface area (TPSA) is 116 Å². The van der Waals surface area contributed by atoms with E-state index in [1.165, 1.54) is 23.1 Å². The number of aromatic nitrogens is 3. The van der Waals surface area contributed by atoms with Crippen LogP contribution in [0.1, 0.15) is 26.8 Å². The largest absolute Gasteiger partial charge is 0.464 e. The fraction of sp³-hybridized carbons (Fsp3) is 0.200. The number of halogens is 3. The number of fused-ring (bicyclic) bond motifs is 1. The highest BCUT2D eigenvalue weighted by Gasteiger charge is 2.35. The van der Waals surface area contributed by atoms with Crippen LogP contribution < -0.4 is 11.1 Å². The van der Waals surface area contributed by atoms with Crippen molar-refractivity contribution < 1.29 is 27.2 Å². The van der Waals surface area contributed by atoms with Crippen LogP contribution in [0.2, 0.25) is 0 Å². The average molecular weight is 463 g/mol. The van der Waals surface area contributed by atoms with Gasteiger partial charge in [-0.3, -0.25) is 14.3 Å². The number of aryl methyl sites for hydroxylation is 2. The molecule has 0 aliphatic heterocycles. The third kappa shape index (κ3) is 3.96. The van der Waals surface area contributed by atoms with Crippen LogP contribution in [0.3, 0.4) is 0 Å². The summed E-state index contributed by atoms with van der Waals surface area (Å²) in [6.45, 7) is 3.39. The molecule has 3 N–H and O–H groups in total. The molecular weight excluding hydrogens is 447 g/mol. The quantitative estimate of drug-likeness (QED) is 0.462. The first kappa shape index (κ1) is 21.6. The molecule has 0 unspecified atom stereocenters. The maximum absolute atomic E-state index is 13.4. The van der Waals surface area contributed by atoms with Gasteiger partial charge in [-0.1, -0.05) is 0 Å². The molecule has 0 aliphatic rings. The molecule has 4 rings (SSSR count). The molecule has 0 fully saturated rings. The number of carbonyl (C=O) groups excluding carboxylic acids is 2. The number of hydrogen-bond acceptors (Lipinski definition) is 6. The Morgan fingerprint density at radius 2 is 2.03 bits per heavy atom. The first-order chi connectivity index (χ1) is 15.0. The van der Waals surface area contributed by atoms with E-state index in [0.29, 0.717) is 11.3 Å². The molecule has 0 saturated heterocycles. The fourth-order valence-corrected chi connectivity index (χ4v) is 4.32. The van der Waals surface area contributed by atoms with Crippen molar-refractivity contribution >= 4 is 39.1 Å². The van der Waals surface area contributed by atoms with Crippen LogP contribution in [0.4, 0.5) is 18.9 Å². The first-order valence-corrected chi connectivity index (χ1v) is 10.1. The molecule has 0 bridgehead atoms. The minimum Gasteiger partial charge on any atom is -0.464 e. The summed E-state index contributed by atoms with van der Waals surface area (Å²) in [5.41, 5.74) is 5.77. The molecule has 12 heteroatoms. The Labute approximate surface area is 182 Å². The summed E-state index contributed by atoms with van der Waals surface area (Å²) >= 11 is 0.665. The third-order valence-corrected chi connectivity index (χ3v) is 5.72. The van der Waals surface area contributed by atoms with Gasteiger partial charge in [-0.05, 0) is 38.1 Å². The molecule has 166 valence electrons. The summed E-state index contributed by atoms with van der Waals surface area (Å²) < 4.78 is 47.1. The van der Waals surface area contributed by atoms with Crippen LogP contribution in [0.25, 0.3) is 21.5 Å². The number of alkyl halides is 3. The number of anilines is 1. The number of carbonyl (C=O) groups is 2. The lowest BCUT2D eigenvalue weighted by molar-refractivity contribution is -0.140. The summed E-state index contributed by atoms with van der Waals surface area (Å²) in [5.74, 6) is -1.33. The predicted molar refractivity (Wildman–Crippen MR) is 111 cm³/mol. The van der Waals surface area contributed by atoms with Gasteiger partial charge >= 0.3 is 6.18 Å². The van der Waals surface area contributed by atoms with Crippen LogP contribution in [0.5, 0.6) is 0 Å². The Hall–Kier alpha value is -3.67. The number of thiophene rings is 1. The van der Waals surface area contributed by atoms with Gasteiger partial charge in [-0.2, -0.15) is 18.3 Å². The molecule has 8 nitrogen and oxygen atoms in total. The van der Waals surface area contributed by atoms with E-state index in [2.05, 4.69) is 15.4 Å². The van der Waals surface area contributed by atoms with Crippen molar-refractivity contribution in [3.63, 3.8) is 0 Å². The van der Waals surface area contributed by atoms with Gasteiger partial charge in [-0.15, -0.1) is 11.3 Å². The normalized spacial score (nSPS) is 11.8. The van der Waals surface area contributed by atoms with Crippen LogP contribution in [-0.4, -0.2) is 26.6 Å². The van der Waals surface area contributed by atoms with E-state index in [9.17, 15) is 22.8 Å². The van der Waals surface area contributed by atoms with E-state index in [4.69, 9.17) is 10.2 Å². The summed E-state index contributed by atoms with van der Waals surface area (Å²) in [6, 6.07) is 5.59. The zero-order valence-electron chi connectivity index (χ0n) is 16.8. The molecular formula is C20H16F3N5O3S. The van der Waals surface area contributed by atoms with Gasteiger partial charge in [-0.25, -0.2) is 4.98 Å². The smallest absolute Gasteiger partial charge is 0.433 e. The number of furan rings is 1. The van der Waals surface area contributed by atoms with E-state index in [1.54, 1.807) is 19.9 Å². The molecule has 4 heterocycles. The second-order valence-electron chi connectivity index (χ2n) is 7.01. The first-order valence-electron chi connectivity index (χ1n) is 9.24. The van der Waals surface area contributed by atoms with Crippen molar-refractivity contribution in [1.82, 2.24) is 14.8 Å². The van der Waals surface area contributed by atoms with Crippen molar-refractivity contribution in [2.75, 3.05) is 5.32 Å². The Balaban J connectivity index is 1.87. The van der Waals surface area contributed by atoms with Crippen LogP contribution in [-0.2, 0) is 17.5 Å². The van der Waals surface area contributed by atoms with Gasteiger partial charge in [0.2, 0.25) is 5.91 Å². The van der Waals surface area contributed by atoms with E-state index in [1.807, 2.05) is 0 Å². The Kier molecular flexibility index (Phi) is 5.25. The van der Waals surface area contributed by atoms with E-state index >= 15 is 0 Å². The molecule has 0 radical (unpaired) electrons. The maximum Gasteiger partial charge on any atom is 0.433 e. The number of pyridine rings is 1. The van der Waals surface area contributed by atoms with Gasteiger partial charge in [0.15, 0.2) is 0 Å². The van der Waals surface area contributed by atoms with Crippen LogP contribution in [0.15, 0.2) is 34.9 Å². The zero-order chi connectivity index (χ0) is 23.2. The number of rotatable bonds is 5. The highest BCUT2D eigenvalue weighted by Crippen LogP contribution is 2.43. The van der Waals surface area contributed by atoms with Crippen molar-refractivity contribution in [2.24, 2.45) is 5.73 Å². The molecule has 2 amide bonds. The third-order valence-electron chi connectivity index (χ3n) is 4.62. The number of hydrogen-bond donors (Lipinski definition) is 2. The van der Waals surface area contributed by atoms with Gasteiger partial charge in [0, 0.05) is 16.6 Å². The van der Waals surface area contributed by atoms with Gasteiger partial charge in [0.05, 0.1) is 17.6 Å². The lowest BCUT2D eigenvalue weighted by Gasteiger charge is -2.11. The number of nitrogens with zero attached hydrogens (tertiary/aromatic N) is 3. The van der Waals surface area contributed by atoms with Crippen LogP contribution in [0, 0.1) is 13.8 Å². The molecule has 0 aromatic carbocycles. The van der Waals surface area contributed by atoms with E-state index in [-0.39, 0.29) is 38.6 Å². The molecule has 4 aromatic heterocycles. The van der Waals surface area contributed by atoms with E-state index in [0.717, 1.165) is 17.5 Å². The number of amides is 2. The predicted octanol–water partition coefficient (Wildman–Crippen LogP) is 4.13. The lowest BCUT2D eigenvalue weighted by Crippen LogP contribution is -2.22. The van der Waals surface area contributed by atoms with Crippen LogP contribution >= 0.6 is 11.3 Å². The van der Waals surface area contributed by atoms with Crippen molar-refractivity contribution in [3.05, 3.63) is 52.5 Å². The molecule has 4 aromatic rings. The second kappa shape index (κ2) is 7.79. The van der Waals surface area contributed by atoms with Gasteiger partial charge in [0.1, 0.15) is 27.7 Å². The number of primary amides is 1. The highest BCUT2D eigenvalue weighted by molar-refractivity contribution is 7.21. The molecule has 0 aliphatic carbocycles. The minimum absolute atomic E-state index is 0.0170. The fourth-order valence-electron chi connectivity index (χ4n) is 3.31. The summed E-state index contributed by atoms with van der Waals surface area (Å²) in [4.78, 5) is 28.2. The standard InChI is InChI=1S/C20H16F3N5O3S/c1-9-6-10(2)28(27-9)8-14(29)26-16-15-11(12-4-3-5-31-12)7-13(20(21,22)23)25-19(15)32-17(16)18(24)30/h3-7H,8H2,1-2H3,(H2,24,30)(H,26,29). The monoisotopic (exact) mass is 463 g/mol. The highest BCUT2D eigenvalue weighted by atomic mass is 32.1. The zero-order valence-corrected chi connectivity index (χ0v) is 17.6. The van der Waals surface area contributed by atoms with Crippen molar-refractivity contribution in [3.8, 4) is 11.3 Å². The van der Waals surface area contributed by atoms with Gasteiger partial charge < -0.3 is 15.5 Å². The molecule has 32 heavy (non-hydrogen) atoms.